The number of rotatable bonds is 7. The van der Waals surface area contributed by atoms with Gasteiger partial charge in [0.1, 0.15) is 5.75 Å². The smallest absolute Gasteiger partial charge is 0.261 e. The summed E-state index contributed by atoms with van der Waals surface area (Å²) in [5, 5.41) is 3.15. The van der Waals surface area contributed by atoms with E-state index in [-0.39, 0.29) is 11.9 Å². The third-order valence-corrected chi connectivity index (χ3v) is 4.62. The predicted octanol–water partition coefficient (Wildman–Crippen LogP) is 5.04. The van der Waals surface area contributed by atoms with Crippen molar-refractivity contribution in [3.05, 3.63) is 64.7 Å². The van der Waals surface area contributed by atoms with Crippen molar-refractivity contribution >= 4 is 5.91 Å². The molecule has 2 rings (SSSR count). The van der Waals surface area contributed by atoms with E-state index in [0.717, 1.165) is 17.7 Å². The van der Waals surface area contributed by atoms with Gasteiger partial charge >= 0.3 is 0 Å². The molecule has 0 radical (unpaired) electrons. The van der Waals surface area contributed by atoms with E-state index in [1.165, 1.54) is 16.7 Å². The van der Waals surface area contributed by atoms with E-state index < -0.39 is 6.10 Å². The van der Waals surface area contributed by atoms with E-state index in [0.29, 0.717) is 6.42 Å². The lowest BCUT2D eigenvalue weighted by molar-refractivity contribution is -0.128. The molecule has 0 saturated heterocycles. The summed E-state index contributed by atoms with van der Waals surface area (Å²) in [7, 11) is 0. The van der Waals surface area contributed by atoms with E-state index in [4.69, 9.17) is 4.74 Å². The van der Waals surface area contributed by atoms with Gasteiger partial charge in [-0.15, -0.1) is 0 Å². The number of carbonyl (C=O) groups is 1. The maximum Gasteiger partial charge on any atom is 0.261 e. The summed E-state index contributed by atoms with van der Waals surface area (Å²) in [6.07, 6.45) is 0.987. The van der Waals surface area contributed by atoms with Crippen LogP contribution in [-0.2, 0) is 4.79 Å². The number of benzene rings is 2. The third-order valence-electron chi connectivity index (χ3n) is 4.62. The summed E-state index contributed by atoms with van der Waals surface area (Å²) in [4.78, 5) is 12.7. The Balaban J connectivity index is 2.08. The number of ether oxygens (including phenoxy) is 1. The highest BCUT2D eigenvalue weighted by molar-refractivity contribution is 5.81. The van der Waals surface area contributed by atoms with Gasteiger partial charge in [0.05, 0.1) is 6.04 Å². The summed E-state index contributed by atoms with van der Waals surface area (Å²) < 4.78 is 5.89. The first-order chi connectivity index (χ1) is 11.9. The van der Waals surface area contributed by atoms with Gasteiger partial charge in [0, 0.05) is 0 Å². The number of carbonyl (C=O) groups excluding carboxylic acids is 1. The molecular weight excluding hydrogens is 310 g/mol. The van der Waals surface area contributed by atoms with Crippen molar-refractivity contribution in [1.29, 1.82) is 0 Å². The summed E-state index contributed by atoms with van der Waals surface area (Å²) in [6.45, 7) is 10.3. The van der Waals surface area contributed by atoms with Crippen LogP contribution in [0.4, 0.5) is 0 Å². The molecule has 0 aliphatic rings. The molecule has 0 saturated carbocycles. The van der Waals surface area contributed by atoms with Gasteiger partial charge in [-0.1, -0.05) is 49.7 Å². The molecule has 2 atom stereocenters. The largest absolute Gasteiger partial charge is 0.481 e. The van der Waals surface area contributed by atoms with Crippen molar-refractivity contribution < 1.29 is 9.53 Å². The molecule has 2 aromatic carbocycles. The van der Waals surface area contributed by atoms with E-state index in [1.54, 1.807) is 0 Å². The Kier molecular flexibility index (Phi) is 6.63. The van der Waals surface area contributed by atoms with Gasteiger partial charge < -0.3 is 10.1 Å². The van der Waals surface area contributed by atoms with Gasteiger partial charge in [0.15, 0.2) is 6.10 Å². The molecule has 0 aliphatic heterocycles. The van der Waals surface area contributed by atoms with Crippen LogP contribution in [-0.4, -0.2) is 12.0 Å². The Morgan fingerprint density at radius 1 is 0.960 bits per heavy atom. The number of aryl methyl sites for hydroxylation is 3. The Morgan fingerprint density at radius 2 is 1.64 bits per heavy atom. The molecule has 3 nitrogen and oxygen atoms in total. The zero-order valence-electron chi connectivity index (χ0n) is 15.9. The van der Waals surface area contributed by atoms with E-state index in [1.807, 2.05) is 38.1 Å². The summed E-state index contributed by atoms with van der Waals surface area (Å²) in [5.74, 6) is 0.667. The summed E-state index contributed by atoms with van der Waals surface area (Å²) in [6, 6.07) is 14.2. The highest BCUT2D eigenvalue weighted by Crippen LogP contribution is 2.21. The number of hydrogen-bond acceptors (Lipinski definition) is 2. The molecule has 3 heteroatoms. The average molecular weight is 339 g/mol. The van der Waals surface area contributed by atoms with Crippen molar-refractivity contribution in [3.8, 4) is 5.75 Å². The molecule has 2 unspecified atom stereocenters. The predicted molar refractivity (Wildman–Crippen MR) is 103 cm³/mol. The fraction of sp³-hybridized carbons (Fsp3) is 0.409. The van der Waals surface area contributed by atoms with Gasteiger partial charge in [-0.25, -0.2) is 0 Å². The third kappa shape index (κ3) is 5.09. The van der Waals surface area contributed by atoms with Crippen LogP contribution >= 0.6 is 0 Å². The first kappa shape index (κ1) is 19.0. The second-order valence-corrected chi connectivity index (χ2v) is 6.64. The van der Waals surface area contributed by atoms with E-state index in [2.05, 4.69) is 44.3 Å². The molecule has 1 N–H and O–H groups in total. The van der Waals surface area contributed by atoms with Gasteiger partial charge in [0.25, 0.3) is 5.91 Å². The molecule has 1 amide bonds. The normalized spacial score (nSPS) is 13.2. The minimum Gasteiger partial charge on any atom is -0.481 e. The van der Waals surface area contributed by atoms with Crippen molar-refractivity contribution in [3.63, 3.8) is 0 Å². The lowest BCUT2D eigenvalue weighted by atomic mass is 9.99. The first-order valence-electron chi connectivity index (χ1n) is 9.05. The van der Waals surface area contributed by atoms with Gasteiger partial charge in [-0.2, -0.15) is 0 Å². The number of hydrogen-bond donors (Lipinski definition) is 1. The molecule has 0 aromatic heterocycles. The average Bonchev–Trinajstić information content (AvgIpc) is 2.61. The summed E-state index contributed by atoms with van der Waals surface area (Å²) >= 11 is 0. The Labute approximate surface area is 151 Å². The first-order valence-corrected chi connectivity index (χ1v) is 9.05. The van der Waals surface area contributed by atoms with Crippen LogP contribution in [0.5, 0.6) is 5.75 Å². The van der Waals surface area contributed by atoms with Crippen LogP contribution < -0.4 is 10.1 Å². The minimum atomic E-state index is -0.483. The molecule has 0 fully saturated rings. The van der Waals surface area contributed by atoms with Crippen LogP contribution in [0.1, 0.15) is 55.0 Å². The second-order valence-electron chi connectivity index (χ2n) is 6.64. The maximum atomic E-state index is 12.7. The zero-order chi connectivity index (χ0) is 18.4. The lowest BCUT2D eigenvalue weighted by Crippen LogP contribution is -2.40. The quantitative estimate of drug-likeness (QED) is 0.768. The molecule has 134 valence electrons. The molecule has 0 aliphatic carbocycles. The standard InChI is InChI=1S/C22H29NO2/c1-6-20(18-11-10-16(4)17(5)14-18)23-22(24)21(7-2)25-19-12-8-15(3)9-13-19/h8-14,20-21H,6-7H2,1-5H3,(H,23,24). The fourth-order valence-corrected chi connectivity index (χ4v) is 2.77. The second kappa shape index (κ2) is 8.70. The molecular formula is C22H29NO2. The van der Waals surface area contributed by atoms with Crippen molar-refractivity contribution in [2.75, 3.05) is 0 Å². The van der Waals surface area contributed by atoms with Gasteiger partial charge in [-0.05, 0) is 62.4 Å². The van der Waals surface area contributed by atoms with Crippen molar-refractivity contribution in [2.45, 2.75) is 59.6 Å². The van der Waals surface area contributed by atoms with Gasteiger partial charge in [-0.3, -0.25) is 4.79 Å². The minimum absolute atomic E-state index is 0.00229. The SMILES string of the molecule is CCC(Oc1ccc(C)cc1)C(=O)NC(CC)c1ccc(C)c(C)c1. The van der Waals surface area contributed by atoms with Crippen LogP contribution in [0.15, 0.2) is 42.5 Å². The Bertz CT molecular complexity index is 706. The van der Waals surface area contributed by atoms with Crippen molar-refractivity contribution in [2.24, 2.45) is 0 Å². The van der Waals surface area contributed by atoms with Gasteiger partial charge in [0.2, 0.25) is 0 Å². The van der Waals surface area contributed by atoms with Crippen molar-refractivity contribution in [1.82, 2.24) is 5.32 Å². The van der Waals surface area contributed by atoms with Crippen LogP contribution in [0, 0.1) is 20.8 Å². The number of nitrogens with one attached hydrogen (secondary N) is 1. The van der Waals surface area contributed by atoms with E-state index >= 15 is 0 Å². The van der Waals surface area contributed by atoms with E-state index in [9.17, 15) is 4.79 Å². The summed E-state index contributed by atoms with van der Waals surface area (Å²) in [5.41, 5.74) is 4.82. The monoisotopic (exact) mass is 339 g/mol. The van der Waals surface area contributed by atoms with Crippen LogP contribution in [0.2, 0.25) is 0 Å². The zero-order valence-corrected chi connectivity index (χ0v) is 15.9. The molecule has 2 aromatic rings. The lowest BCUT2D eigenvalue weighted by Gasteiger charge is -2.23. The van der Waals surface area contributed by atoms with Crippen LogP contribution in [0.3, 0.4) is 0 Å². The topological polar surface area (TPSA) is 38.3 Å². The Morgan fingerprint density at radius 3 is 2.20 bits per heavy atom. The highest BCUT2D eigenvalue weighted by Gasteiger charge is 2.22. The molecule has 0 bridgehead atoms. The molecule has 0 spiro atoms. The molecule has 25 heavy (non-hydrogen) atoms. The van der Waals surface area contributed by atoms with Crippen LogP contribution in [0.25, 0.3) is 0 Å². The molecule has 0 heterocycles. The Hall–Kier alpha value is -2.29. The fourth-order valence-electron chi connectivity index (χ4n) is 2.77. The number of amides is 1. The maximum absolute atomic E-state index is 12.7. The highest BCUT2D eigenvalue weighted by atomic mass is 16.5.